The Hall–Kier alpha value is -1.32. The van der Waals surface area contributed by atoms with E-state index in [9.17, 15) is 5.11 Å². The fourth-order valence-electron chi connectivity index (χ4n) is 2.48. The van der Waals surface area contributed by atoms with Crippen LogP contribution in [0.1, 0.15) is 38.7 Å². The third-order valence-corrected chi connectivity index (χ3v) is 3.98. The summed E-state index contributed by atoms with van der Waals surface area (Å²) in [4.78, 5) is 0. The van der Waals surface area contributed by atoms with E-state index in [2.05, 4.69) is 40.3 Å². The molecular weight excluding hydrogens is 248 g/mol. The molecule has 1 aliphatic carbocycles. The minimum atomic E-state index is -0.609. The maximum absolute atomic E-state index is 9.87. The average Bonchev–Trinajstić information content (AvgIpc) is 3.13. The predicted molar refractivity (Wildman–Crippen MR) is 82.7 cm³/mol. The highest BCUT2D eigenvalue weighted by atomic mass is 16.3. The van der Waals surface area contributed by atoms with E-state index < -0.39 is 5.60 Å². The Balaban J connectivity index is 1.75. The van der Waals surface area contributed by atoms with Gasteiger partial charge in [0.2, 0.25) is 0 Å². The Morgan fingerprint density at radius 2 is 2.10 bits per heavy atom. The van der Waals surface area contributed by atoms with E-state index >= 15 is 0 Å². The molecule has 2 N–H and O–H groups in total. The van der Waals surface area contributed by atoms with Crippen molar-refractivity contribution in [1.82, 2.24) is 9.88 Å². The van der Waals surface area contributed by atoms with Crippen molar-refractivity contribution in [2.45, 2.75) is 57.8 Å². The fraction of sp³-hybridized carbons (Fsp3) is 0.529. The third-order valence-electron chi connectivity index (χ3n) is 3.98. The number of hydrogen-bond acceptors (Lipinski definition) is 2. The van der Waals surface area contributed by atoms with Crippen molar-refractivity contribution in [3.05, 3.63) is 36.0 Å². The maximum atomic E-state index is 9.87. The van der Waals surface area contributed by atoms with Crippen LogP contribution in [0.15, 0.2) is 30.5 Å². The molecule has 2 aromatic rings. The lowest BCUT2D eigenvalue weighted by Gasteiger charge is -2.17. The van der Waals surface area contributed by atoms with Gasteiger partial charge in [0.15, 0.2) is 0 Å². The molecule has 0 saturated heterocycles. The summed E-state index contributed by atoms with van der Waals surface area (Å²) in [7, 11) is 0. The lowest BCUT2D eigenvalue weighted by molar-refractivity contribution is 0.0666. The van der Waals surface area contributed by atoms with Gasteiger partial charge in [0.05, 0.1) is 5.60 Å². The number of benzene rings is 1. The summed E-state index contributed by atoms with van der Waals surface area (Å²) >= 11 is 0. The number of fused-ring (bicyclic) bond motifs is 1. The minimum Gasteiger partial charge on any atom is -0.390 e. The van der Waals surface area contributed by atoms with Crippen molar-refractivity contribution in [1.29, 1.82) is 0 Å². The SMILES string of the molecule is CC(C)(O)CCn1ccc2ccc(CNC3CC3)cc21. The second kappa shape index (κ2) is 5.23. The topological polar surface area (TPSA) is 37.2 Å². The number of rotatable bonds is 6. The van der Waals surface area contributed by atoms with Crippen molar-refractivity contribution in [2.24, 2.45) is 0 Å². The summed E-state index contributed by atoms with van der Waals surface area (Å²) in [5, 5.41) is 14.7. The summed E-state index contributed by atoms with van der Waals surface area (Å²) in [5.41, 5.74) is 2.00. The Morgan fingerprint density at radius 3 is 2.80 bits per heavy atom. The monoisotopic (exact) mass is 272 g/mol. The highest BCUT2D eigenvalue weighted by molar-refractivity contribution is 5.80. The lowest BCUT2D eigenvalue weighted by atomic mass is 10.1. The van der Waals surface area contributed by atoms with E-state index in [4.69, 9.17) is 0 Å². The molecule has 0 spiro atoms. The molecule has 3 heteroatoms. The standard InChI is InChI=1S/C17H24N2O/c1-17(2,20)8-10-19-9-7-14-4-3-13(11-16(14)19)12-18-15-5-6-15/h3-4,7,9,11,15,18,20H,5-6,8,10,12H2,1-2H3. The molecule has 1 heterocycles. The largest absolute Gasteiger partial charge is 0.390 e. The number of nitrogens with zero attached hydrogens (tertiary/aromatic N) is 1. The van der Waals surface area contributed by atoms with Gasteiger partial charge in [-0.25, -0.2) is 0 Å². The van der Waals surface area contributed by atoms with Crippen LogP contribution in [-0.2, 0) is 13.1 Å². The average molecular weight is 272 g/mol. The maximum Gasteiger partial charge on any atom is 0.0608 e. The number of nitrogens with one attached hydrogen (secondary N) is 1. The summed E-state index contributed by atoms with van der Waals surface area (Å²) in [6.07, 6.45) is 5.53. The number of aromatic nitrogens is 1. The van der Waals surface area contributed by atoms with Crippen LogP contribution in [0, 0.1) is 0 Å². The zero-order valence-corrected chi connectivity index (χ0v) is 12.4. The normalized spacial score (nSPS) is 15.9. The van der Waals surface area contributed by atoms with E-state index in [1.807, 2.05) is 13.8 Å². The fourth-order valence-corrected chi connectivity index (χ4v) is 2.48. The van der Waals surface area contributed by atoms with E-state index in [1.165, 1.54) is 29.3 Å². The van der Waals surface area contributed by atoms with Gasteiger partial charge in [0.25, 0.3) is 0 Å². The molecule has 0 amide bonds. The Kier molecular flexibility index (Phi) is 3.57. The molecule has 20 heavy (non-hydrogen) atoms. The van der Waals surface area contributed by atoms with E-state index in [1.54, 1.807) is 0 Å². The van der Waals surface area contributed by atoms with Gasteiger partial charge < -0.3 is 15.0 Å². The Bertz CT molecular complexity index is 591. The first-order valence-electron chi connectivity index (χ1n) is 7.55. The number of hydrogen-bond donors (Lipinski definition) is 2. The van der Waals surface area contributed by atoms with Gasteiger partial charge in [0.1, 0.15) is 0 Å². The van der Waals surface area contributed by atoms with Gasteiger partial charge in [0, 0.05) is 30.8 Å². The molecule has 1 aromatic heterocycles. The molecule has 0 radical (unpaired) electrons. The van der Waals surface area contributed by atoms with E-state index in [0.29, 0.717) is 0 Å². The van der Waals surface area contributed by atoms with Crippen LogP contribution >= 0.6 is 0 Å². The van der Waals surface area contributed by atoms with E-state index in [0.717, 1.165) is 25.6 Å². The molecule has 0 atom stereocenters. The highest BCUT2D eigenvalue weighted by Gasteiger charge is 2.20. The van der Waals surface area contributed by atoms with Crippen LogP contribution in [-0.4, -0.2) is 21.3 Å². The van der Waals surface area contributed by atoms with Gasteiger partial charge in [-0.1, -0.05) is 12.1 Å². The molecule has 3 nitrogen and oxygen atoms in total. The van der Waals surface area contributed by atoms with Crippen LogP contribution in [0.2, 0.25) is 0 Å². The van der Waals surface area contributed by atoms with Crippen LogP contribution in [0.5, 0.6) is 0 Å². The van der Waals surface area contributed by atoms with Crippen LogP contribution in [0.3, 0.4) is 0 Å². The minimum absolute atomic E-state index is 0.609. The molecule has 108 valence electrons. The van der Waals surface area contributed by atoms with Crippen LogP contribution in [0.4, 0.5) is 0 Å². The second-order valence-electron chi connectivity index (χ2n) is 6.62. The van der Waals surface area contributed by atoms with Gasteiger partial charge in [-0.05, 0) is 56.2 Å². The third kappa shape index (κ3) is 3.41. The van der Waals surface area contributed by atoms with Gasteiger partial charge in [-0.3, -0.25) is 0 Å². The quantitative estimate of drug-likeness (QED) is 0.848. The van der Waals surface area contributed by atoms with Crippen molar-refractivity contribution >= 4 is 10.9 Å². The molecule has 3 rings (SSSR count). The van der Waals surface area contributed by atoms with Crippen molar-refractivity contribution < 1.29 is 5.11 Å². The second-order valence-corrected chi connectivity index (χ2v) is 6.62. The summed E-state index contributed by atoms with van der Waals surface area (Å²) < 4.78 is 2.24. The molecule has 0 unspecified atom stereocenters. The molecular formula is C17H24N2O. The van der Waals surface area contributed by atoms with Crippen molar-refractivity contribution in [2.75, 3.05) is 0 Å². The zero-order valence-electron chi connectivity index (χ0n) is 12.4. The molecule has 1 fully saturated rings. The van der Waals surface area contributed by atoms with Gasteiger partial charge in [-0.15, -0.1) is 0 Å². The summed E-state index contributed by atoms with van der Waals surface area (Å²) in [5.74, 6) is 0. The first kappa shape index (κ1) is 13.7. The van der Waals surface area contributed by atoms with Crippen molar-refractivity contribution in [3.63, 3.8) is 0 Å². The first-order chi connectivity index (χ1) is 9.51. The lowest BCUT2D eigenvalue weighted by Crippen LogP contribution is -2.20. The molecule has 0 aliphatic heterocycles. The van der Waals surface area contributed by atoms with Gasteiger partial charge >= 0.3 is 0 Å². The van der Waals surface area contributed by atoms with Crippen molar-refractivity contribution in [3.8, 4) is 0 Å². The number of aryl methyl sites for hydroxylation is 1. The molecule has 0 bridgehead atoms. The summed E-state index contributed by atoms with van der Waals surface area (Å²) in [6, 6.07) is 9.57. The highest BCUT2D eigenvalue weighted by Crippen LogP contribution is 2.22. The van der Waals surface area contributed by atoms with Crippen LogP contribution in [0.25, 0.3) is 10.9 Å². The first-order valence-corrected chi connectivity index (χ1v) is 7.55. The molecule has 1 aliphatic rings. The summed E-state index contributed by atoms with van der Waals surface area (Å²) in [6.45, 7) is 5.54. The Labute approximate surface area is 120 Å². The van der Waals surface area contributed by atoms with Crippen LogP contribution < -0.4 is 5.32 Å². The molecule has 1 saturated carbocycles. The van der Waals surface area contributed by atoms with Gasteiger partial charge in [-0.2, -0.15) is 0 Å². The smallest absolute Gasteiger partial charge is 0.0608 e. The number of aliphatic hydroxyl groups is 1. The van der Waals surface area contributed by atoms with E-state index in [-0.39, 0.29) is 0 Å². The Morgan fingerprint density at radius 1 is 1.30 bits per heavy atom. The zero-order chi connectivity index (χ0) is 14.2. The predicted octanol–water partition coefficient (Wildman–Crippen LogP) is 3.05. The molecule has 1 aromatic carbocycles.